The van der Waals surface area contributed by atoms with Crippen LogP contribution in [-0.4, -0.2) is 31.6 Å². The number of carbonyl (C=O) groups is 1. The van der Waals surface area contributed by atoms with Crippen molar-refractivity contribution in [3.63, 3.8) is 0 Å². The van der Waals surface area contributed by atoms with E-state index in [-0.39, 0.29) is 11.8 Å². The molecule has 1 radical (unpaired) electrons. The largest absolute Gasteiger partial charge is 0.378 e. The summed E-state index contributed by atoms with van der Waals surface area (Å²) in [5.41, 5.74) is 0. The van der Waals surface area contributed by atoms with Crippen molar-refractivity contribution in [2.75, 3.05) is 19.8 Å². The van der Waals surface area contributed by atoms with Gasteiger partial charge in [-0.25, -0.2) is 0 Å². The topological polar surface area (TPSA) is 38.3 Å². The van der Waals surface area contributed by atoms with Gasteiger partial charge in [-0.05, 0) is 0 Å². The second-order valence-electron chi connectivity index (χ2n) is 2.05. The number of morpholine rings is 1. The third-order valence-corrected chi connectivity index (χ3v) is 1.31. The maximum Gasteiger partial charge on any atom is 0.152 e. The number of ketones is 1. The standard InChI is InChI=1S/C6H10NO2/c1-5(8)6-4-9-3-2-7-6/h6-7H,1-4H2. The summed E-state index contributed by atoms with van der Waals surface area (Å²) in [4.78, 5) is 10.5. The van der Waals surface area contributed by atoms with Crippen molar-refractivity contribution in [2.45, 2.75) is 6.04 Å². The van der Waals surface area contributed by atoms with Gasteiger partial charge in [-0.1, -0.05) is 0 Å². The van der Waals surface area contributed by atoms with Gasteiger partial charge in [0.05, 0.1) is 19.3 Å². The monoisotopic (exact) mass is 128 g/mol. The molecule has 1 heterocycles. The lowest BCUT2D eigenvalue weighted by Crippen LogP contribution is -2.45. The Bertz CT molecular complexity index is 108. The summed E-state index contributed by atoms with van der Waals surface area (Å²) in [5.74, 6) is -0.0882. The molecule has 0 spiro atoms. The fourth-order valence-corrected chi connectivity index (χ4v) is 0.772. The smallest absolute Gasteiger partial charge is 0.152 e. The van der Waals surface area contributed by atoms with Crippen molar-refractivity contribution in [2.24, 2.45) is 0 Å². The third-order valence-electron chi connectivity index (χ3n) is 1.31. The van der Waals surface area contributed by atoms with Crippen LogP contribution in [0.25, 0.3) is 0 Å². The van der Waals surface area contributed by atoms with E-state index in [4.69, 9.17) is 4.74 Å². The van der Waals surface area contributed by atoms with Crippen LogP contribution < -0.4 is 5.32 Å². The highest BCUT2D eigenvalue weighted by Gasteiger charge is 2.16. The van der Waals surface area contributed by atoms with Gasteiger partial charge in [0, 0.05) is 13.5 Å². The van der Waals surface area contributed by atoms with Gasteiger partial charge in [0.25, 0.3) is 0 Å². The molecule has 0 bridgehead atoms. The molecule has 1 aliphatic heterocycles. The van der Waals surface area contributed by atoms with E-state index in [1.165, 1.54) is 0 Å². The van der Waals surface area contributed by atoms with Crippen LogP contribution in [0.4, 0.5) is 0 Å². The molecule has 0 amide bonds. The Morgan fingerprint density at radius 2 is 2.56 bits per heavy atom. The van der Waals surface area contributed by atoms with Crippen LogP contribution in [0.15, 0.2) is 0 Å². The Morgan fingerprint density at radius 3 is 2.89 bits per heavy atom. The predicted molar refractivity (Wildman–Crippen MR) is 33.0 cm³/mol. The lowest BCUT2D eigenvalue weighted by molar-refractivity contribution is -0.119. The normalized spacial score (nSPS) is 27.9. The first-order valence-corrected chi connectivity index (χ1v) is 2.97. The lowest BCUT2D eigenvalue weighted by Gasteiger charge is -2.20. The fraction of sp³-hybridized carbons (Fsp3) is 0.667. The van der Waals surface area contributed by atoms with Crippen LogP contribution in [0.5, 0.6) is 0 Å². The van der Waals surface area contributed by atoms with E-state index < -0.39 is 0 Å². The zero-order valence-corrected chi connectivity index (χ0v) is 5.22. The van der Waals surface area contributed by atoms with E-state index in [0.717, 1.165) is 6.54 Å². The molecular formula is C6H10NO2. The van der Waals surface area contributed by atoms with Crippen molar-refractivity contribution in [3.8, 4) is 0 Å². The quantitative estimate of drug-likeness (QED) is 0.511. The van der Waals surface area contributed by atoms with E-state index in [1.54, 1.807) is 0 Å². The number of hydrogen-bond donors (Lipinski definition) is 1. The summed E-state index contributed by atoms with van der Waals surface area (Å²) in [7, 11) is 0. The molecule has 1 N–H and O–H groups in total. The first-order valence-electron chi connectivity index (χ1n) is 2.97. The number of rotatable bonds is 1. The van der Waals surface area contributed by atoms with Crippen molar-refractivity contribution < 1.29 is 9.53 Å². The lowest BCUT2D eigenvalue weighted by atomic mass is 10.2. The Hall–Kier alpha value is -0.410. The van der Waals surface area contributed by atoms with E-state index >= 15 is 0 Å². The molecule has 0 aromatic heterocycles. The number of hydrogen-bond acceptors (Lipinski definition) is 3. The van der Waals surface area contributed by atoms with Gasteiger partial charge in [0.1, 0.15) is 0 Å². The molecule has 3 heteroatoms. The average Bonchev–Trinajstić information content (AvgIpc) is 1.90. The van der Waals surface area contributed by atoms with E-state index in [2.05, 4.69) is 12.2 Å². The third kappa shape index (κ3) is 1.77. The van der Waals surface area contributed by atoms with Gasteiger partial charge in [0.15, 0.2) is 5.78 Å². The minimum atomic E-state index is -0.168. The van der Waals surface area contributed by atoms with Gasteiger partial charge < -0.3 is 10.1 Å². The van der Waals surface area contributed by atoms with Gasteiger partial charge >= 0.3 is 0 Å². The number of carbonyl (C=O) groups excluding carboxylic acids is 1. The molecule has 1 fully saturated rings. The van der Waals surface area contributed by atoms with Crippen LogP contribution in [0.1, 0.15) is 0 Å². The zero-order valence-electron chi connectivity index (χ0n) is 5.22. The molecule has 0 aromatic rings. The molecule has 1 aliphatic rings. The molecule has 1 rings (SSSR count). The number of nitrogens with one attached hydrogen (secondary N) is 1. The minimum Gasteiger partial charge on any atom is -0.378 e. The summed E-state index contributed by atoms with van der Waals surface area (Å²) < 4.78 is 5.02. The Kier molecular flexibility index (Phi) is 2.19. The molecule has 1 unspecified atom stereocenters. The zero-order chi connectivity index (χ0) is 6.69. The molecule has 0 aromatic carbocycles. The minimum absolute atomic E-state index is 0.0882. The Balaban J connectivity index is 2.31. The van der Waals surface area contributed by atoms with Crippen molar-refractivity contribution in [1.82, 2.24) is 5.32 Å². The molecular weight excluding hydrogens is 118 g/mol. The highest BCUT2D eigenvalue weighted by Crippen LogP contribution is 1.92. The van der Waals surface area contributed by atoms with Crippen LogP contribution in [0.2, 0.25) is 0 Å². The van der Waals surface area contributed by atoms with Gasteiger partial charge in [-0.3, -0.25) is 4.79 Å². The number of Topliss-reactive ketones (excluding diaryl/α,β-unsaturated/α-hetero) is 1. The van der Waals surface area contributed by atoms with Crippen molar-refractivity contribution in [3.05, 3.63) is 6.92 Å². The Morgan fingerprint density at radius 1 is 1.78 bits per heavy atom. The molecule has 1 atom stereocenters. The highest BCUT2D eigenvalue weighted by atomic mass is 16.5. The van der Waals surface area contributed by atoms with E-state index in [1.807, 2.05) is 0 Å². The summed E-state index contributed by atoms with van der Waals surface area (Å²) >= 11 is 0. The second-order valence-corrected chi connectivity index (χ2v) is 2.05. The summed E-state index contributed by atoms with van der Waals surface area (Å²) in [5, 5.41) is 2.98. The SMILES string of the molecule is [CH2]C(=O)C1COCCN1. The Labute approximate surface area is 54.4 Å². The van der Waals surface area contributed by atoms with Crippen LogP contribution in [-0.2, 0) is 9.53 Å². The first kappa shape index (κ1) is 6.71. The van der Waals surface area contributed by atoms with E-state index in [9.17, 15) is 4.79 Å². The van der Waals surface area contributed by atoms with Gasteiger partial charge in [-0.2, -0.15) is 0 Å². The van der Waals surface area contributed by atoms with Crippen molar-refractivity contribution >= 4 is 5.78 Å². The predicted octanol–water partition coefficient (Wildman–Crippen LogP) is -0.622. The summed E-state index contributed by atoms with van der Waals surface area (Å²) in [6, 6.07) is -0.168. The first-order chi connectivity index (χ1) is 4.30. The number of ether oxygens (including phenoxy) is 1. The molecule has 51 valence electrons. The van der Waals surface area contributed by atoms with E-state index in [0.29, 0.717) is 13.2 Å². The molecule has 9 heavy (non-hydrogen) atoms. The molecule has 1 saturated heterocycles. The van der Waals surface area contributed by atoms with Gasteiger partial charge in [0.2, 0.25) is 0 Å². The van der Waals surface area contributed by atoms with Gasteiger partial charge in [-0.15, -0.1) is 0 Å². The van der Waals surface area contributed by atoms with Crippen LogP contribution in [0.3, 0.4) is 0 Å². The second kappa shape index (κ2) is 2.94. The van der Waals surface area contributed by atoms with Crippen LogP contribution in [0, 0.1) is 6.92 Å². The van der Waals surface area contributed by atoms with Crippen LogP contribution >= 0.6 is 0 Å². The average molecular weight is 128 g/mol. The highest BCUT2D eigenvalue weighted by molar-refractivity contribution is 5.87. The maximum atomic E-state index is 10.5. The molecule has 3 nitrogen and oxygen atoms in total. The molecule has 0 saturated carbocycles. The summed E-state index contributed by atoms with van der Waals surface area (Å²) in [6.07, 6.45) is 0. The fourth-order valence-electron chi connectivity index (χ4n) is 0.772. The summed E-state index contributed by atoms with van der Waals surface area (Å²) in [6.45, 7) is 5.21. The maximum absolute atomic E-state index is 10.5. The van der Waals surface area contributed by atoms with Crippen molar-refractivity contribution in [1.29, 1.82) is 0 Å². The molecule has 0 aliphatic carbocycles.